The fraction of sp³-hybridized carbons (Fsp3) is 0.214. The molecular formula is C14H15N5O. The zero-order valence-corrected chi connectivity index (χ0v) is 11.3. The summed E-state index contributed by atoms with van der Waals surface area (Å²) in [5, 5.41) is 0. The number of benzene rings is 1. The van der Waals surface area contributed by atoms with Crippen LogP contribution in [0, 0.1) is 13.8 Å². The SMILES string of the molecule is Cc1ccc(C)c(Cc2nc3nc(N)[nH]c(=O)c3[nH]2)c1. The molecule has 3 aromatic rings. The van der Waals surface area contributed by atoms with Crippen molar-refractivity contribution in [2.45, 2.75) is 20.3 Å². The molecule has 102 valence electrons. The van der Waals surface area contributed by atoms with E-state index >= 15 is 0 Å². The summed E-state index contributed by atoms with van der Waals surface area (Å²) in [4.78, 5) is 25.6. The molecule has 1 aromatic carbocycles. The minimum Gasteiger partial charge on any atom is -0.369 e. The van der Waals surface area contributed by atoms with E-state index in [2.05, 4.69) is 52.0 Å². The van der Waals surface area contributed by atoms with E-state index in [4.69, 9.17) is 5.73 Å². The first kappa shape index (κ1) is 12.4. The first-order chi connectivity index (χ1) is 9.52. The summed E-state index contributed by atoms with van der Waals surface area (Å²) >= 11 is 0. The van der Waals surface area contributed by atoms with Crippen molar-refractivity contribution in [3.05, 3.63) is 51.1 Å². The first-order valence-electron chi connectivity index (χ1n) is 6.33. The summed E-state index contributed by atoms with van der Waals surface area (Å²) < 4.78 is 0. The van der Waals surface area contributed by atoms with Crippen molar-refractivity contribution in [2.75, 3.05) is 5.73 Å². The average Bonchev–Trinajstić information content (AvgIpc) is 2.76. The van der Waals surface area contributed by atoms with Gasteiger partial charge in [-0.1, -0.05) is 23.8 Å². The molecule has 6 nitrogen and oxygen atoms in total. The lowest BCUT2D eigenvalue weighted by Gasteiger charge is -2.04. The van der Waals surface area contributed by atoms with Crippen LogP contribution in [0.3, 0.4) is 0 Å². The van der Waals surface area contributed by atoms with Gasteiger partial charge in [0.2, 0.25) is 5.95 Å². The highest BCUT2D eigenvalue weighted by molar-refractivity contribution is 5.70. The maximum absolute atomic E-state index is 11.7. The number of fused-ring (bicyclic) bond motifs is 1. The van der Waals surface area contributed by atoms with Gasteiger partial charge >= 0.3 is 0 Å². The summed E-state index contributed by atoms with van der Waals surface area (Å²) in [7, 11) is 0. The highest BCUT2D eigenvalue weighted by atomic mass is 16.1. The molecule has 20 heavy (non-hydrogen) atoms. The van der Waals surface area contributed by atoms with Crippen LogP contribution in [0.25, 0.3) is 11.2 Å². The number of nitrogens with zero attached hydrogens (tertiary/aromatic N) is 2. The monoisotopic (exact) mass is 269 g/mol. The molecule has 4 N–H and O–H groups in total. The Morgan fingerprint density at radius 2 is 2.00 bits per heavy atom. The van der Waals surface area contributed by atoms with Gasteiger partial charge in [0.15, 0.2) is 11.2 Å². The summed E-state index contributed by atoms with van der Waals surface area (Å²) in [5.41, 5.74) is 9.49. The Kier molecular flexibility index (Phi) is 2.78. The Morgan fingerprint density at radius 3 is 2.80 bits per heavy atom. The van der Waals surface area contributed by atoms with Crippen LogP contribution in [0.15, 0.2) is 23.0 Å². The van der Waals surface area contributed by atoms with Crippen molar-refractivity contribution < 1.29 is 0 Å². The van der Waals surface area contributed by atoms with Gasteiger partial charge < -0.3 is 10.7 Å². The van der Waals surface area contributed by atoms with Gasteiger partial charge in [0.1, 0.15) is 5.82 Å². The Hall–Kier alpha value is -2.63. The lowest BCUT2D eigenvalue weighted by Crippen LogP contribution is -2.10. The van der Waals surface area contributed by atoms with Gasteiger partial charge in [-0.25, -0.2) is 4.98 Å². The van der Waals surface area contributed by atoms with Crippen LogP contribution in [-0.4, -0.2) is 19.9 Å². The van der Waals surface area contributed by atoms with Crippen LogP contribution in [0.2, 0.25) is 0 Å². The predicted molar refractivity (Wildman–Crippen MR) is 77.6 cm³/mol. The van der Waals surface area contributed by atoms with Gasteiger partial charge in [-0.15, -0.1) is 0 Å². The molecule has 0 saturated carbocycles. The summed E-state index contributed by atoms with van der Waals surface area (Å²) in [6, 6.07) is 6.27. The van der Waals surface area contributed by atoms with Gasteiger partial charge in [-0.3, -0.25) is 9.78 Å². The van der Waals surface area contributed by atoms with Gasteiger partial charge in [-0.2, -0.15) is 4.98 Å². The average molecular weight is 269 g/mol. The highest BCUT2D eigenvalue weighted by Gasteiger charge is 2.10. The third kappa shape index (κ3) is 2.16. The minimum absolute atomic E-state index is 0.0762. The lowest BCUT2D eigenvalue weighted by molar-refractivity contribution is 1.02. The summed E-state index contributed by atoms with van der Waals surface area (Å²) in [6.45, 7) is 4.11. The first-order valence-corrected chi connectivity index (χ1v) is 6.33. The Balaban J connectivity index is 2.05. The number of hydrogen-bond donors (Lipinski definition) is 3. The molecule has 0 fully saturated rings. The standard InChI is InChI=1S/C14H15N5O/c1-7-3-4-8(2)9(5-7)6-10-16-11-12(17-10)18-14(15)19-13(11)20/h3-5H,6H2,1-2H3,(H4,15,16,17,18,19,20). The number of H-pyrrole nitrogens is 2. The molecule has 2 heterocycles. The van der Waals surface area contributed by atoms with Crippen molar-refractivity contribution in [1.29, 1.82) is 0 Å². The molecule has 3 rings (SSSR count). The fourth-order valence-corrected chi connectivity index (χ4v) is 2.23. The third-order valence-electron chi connectivity index (χ3n) is 3.29. The number of aromatic nitrogens is 4. The normalized spacial score (nSPS) is 11.1. The number of nitrogen functional groups attached to an aromatic ring is 1. The molecular weight excluding hydrogens is 254 g/mol. The van der Waals surface area contributed by atoms with E-state index in [1.54, 1.807) is 0 Å². The van der Waals surface area contributed by atoms with Crippen LogP contribution in [0.5, 0.6) is 0 Å². The predicted octanol–water partition coefficient (Wildman–Crippen LogP) is 1.44. The van der Waals surface area contributed by atoms with Crippen LogP contribution in [0.4, 0.5) is 5.95 Å². The van der Waals surface area contributed by atoms with E-state index in [1.807, 2.05) is 0 Å². The van der Waals surface area contributed by atoms with E-state index in [9.17, 15) is 4.79 Å². The van der Waals surface area contributed by atoms with Crippen LogP contribution in [-0.2, 0) is 6.42 Å². The summed E-state index contributed by atoms with van der Waals surface area (Å²) in [6.07, 6.45) is 0.628. The van der Waals surface area contributed by atoms with E-state index in [0.717, 1.165) is 0 Å². The maximum atomic E-state index is 11.7. The minimum atomic E-state index is -0.299. The lowest BCUT2D eigenvalue weighted by atomic mass is 10.0. The zero-order valence-electron chi connectivity index (χ0n) is 11.3. The van der Waals surface area contributed by atoms with Crippen molar-refractivity contribution in [3.8, 4) is 0 Å². The largest absolute Gasteiger partial charge is 0.369 e. The molecule has 0 amide bonds. The molecule has 0 spiro atoms. The number of hydrogen-bond acceptors (Lipinski definition) is 4. The van der Waals surface area contributed by atoms with E-state index in [1.165, 1.54) is 16.7 Å². The third-order valence-corrected chi connectivity index (χ3v) is 3.29. The number of nitrogens with one attached hydrogen (secondary N) is 2. The quantitative estimate of drug-likeness (QED) is 0.655. The van der Waals surface area contributed by atoms with Gasteiger partial charge in [0, 0.05) is 6.42 Å². The maximum Gasteiger partial charge on any atom is 0.278 e. The highest BCUT2D eigenvalue weighted by Crippen LogP contribution is 2.15. The number of aromatic amines is 2. The number of aryl methyl sites for hydroxylation is 2. The molecule has 6 heteroatoms. The second-order valence-corrected chi connectivity index (χ2v) is 4.94. The molecule has 0 saturated heterocycles. The van der Waals surface area contributed by atoms with Gasteiger partial charge in [0.25, 0.3) is 5.56 Å². The number of imidazole rings is 1. The molecule has 0 aliphatic rings. The van der Waals surface area contributed by atoms with E-state index in [0.29, 0.717) is 23.4 Å². The molecule has 0 radical (unpaired) electrons. The summed E-state index contributed by atoms with van der Waals surface area (Å²) in [5.74, 6) is 0.782. The van der Waals surface area contributed by atoms with Crippen molar-refractivity contribution in [3.63, 3.8) is 0 Å². The number of nitrogens with two attached hydrogens (primary N) is 1. The van der Waals surface area contributed by atoms with Gasteiger partial charge in [0.05, 0.1) is 0 Å². The molecule has 0 unspecified atom stereocenters. The Labute approximate surface area is 115 Å². The molecule has 0 bridgehead atoms. The van der Waals surface area contributed by atoms with Crippen molar-refractivity contribution >= 4 is 17.1 Å². The number of anilines is 1. The molecule has 0 aliphatic heterocycles. The number of rotatable bonds is 2. The molecule has 0 aliphatic carbocycles. The Bertz CT molecular complexity index is 846. The fourth-order valence-electron chi connectivity index (χ4n) is 2.23. The second-order valence-electron chi connectivity index (χ2n) is 4.94. The van der Waals surface area contributed by atoms with Crippen molar-refractivity contribution in [1.82, 2.24) is 19.9 Å². The Morgan fingerprint density at radius 1 is 1.20 bits per heavy atom. The van der Waals surface area contributed by atoms with E-state index < -0.39 is 0 Å². The van der Waals surface area contributed by atoms with Crippen molar-refractivity contribution in [2.24, 2.45) is 0 Å². The van der Waals surface area contributed by atoms with Crippen LogP contribution in [0.1, 0.15) is 22.5 Å². The topological polar surface area (TPSA) is 100 Å². The van der Waals surface area contributed by atoms with Gasteiger partial charge in [-0.05, 0) is 25.0 Å². The smallest absolute Gasteiger partial charge is 0.278 e. The zero-order chi connectivity index (χ0) is 14.3. The van der Waals surface area contributed by atoms with E-state index in [-0.39, 0.29) is 11.5 Å². The molecule has 0 atom stereocenters. The van der Waals surface area contributed by atoms with Crippen LogP contribution >= 0.6 is 0 Å². The second kappa shape index (κ2) is 4.48. The molecule has 2 aromatic heterocycles. The van der Waals surface area contributed by atoms with Crippen LogP contribution < -0.4 is 11.3 Å².